The van der Waals surface area contributed by atoms with Gasteiger partial charge in [-0.05, 0) is 29.3 Å². The standard InChI is InChI=1S/C11H14BrN3O3/c1-7-9(15(16)17)5-14-11(10(7)12)13-4-8-2-3-18-6-8/h5,8H,2-4,6H2,1H3,(H,13,14). The lowest BCUT2D eigenvalue weighted by Gasteiger charge is -2.12. The number of ether oxygens (including phenoxy) is 1. The van der Waals surface area contributed by atoms with E-state index in [2.05, 4.69) is 26.2 Å². The number of anilines is 1. The normalized spacial score (nSPS) is 18.9. The SMILES string of the molecule is Cc1c([N+](=O)[O-])cnc(NCC2CCOC2)c1Br. The Labute approximate surface area is 113 Å². The Bertz CT molecular complexity index is 461. The van der Waals surface area contributed by atoms with Crippen LogP contribution in [0.2, 0.25) is 0 Å². The second kappa shape index (κ2) is 5.62. The molecule has 6 nitrogen and oxygen atoms in total. The van der Waals surface area contributed by atoms with Crippen LogP contribution in [0.3, 0.4) is 0 Å². The fourth-order valence-electron chi connectivity index (χ4n) is 1.86. The summed E-state index contributed by atoms with van der Waals surface area (Å²) in [5.41, 5.74) is 0.608. The van der Waals surface area contributed by atoms with Crippen molar-refractivity contribution in [1.82, 2.24) is 4.98 Å². The Balaban J connectivity index is 2.09. The number of hydrogen-bond acceptors (Lipinski definition) is 5. The molecule has 1 atom stereocenters. The molecule has 1 aromatic heterocycles. The van der Waals surface area contributed by atoms with Gasteiger partial charge in [0.25, 0.3) is 5.69 Å². The lowest BCUT2D eigenvalue weighted by atomic mass is 10.1. The summed E-state index contributed by atoms with van der Waals surface area (Å²) in [7, 11) is 0. The van der Waals surface area contributed by atoms with Crippen LogP contribution in [0.1, 0.15) is 12.0 Å². The van der Waals surface area contributed by atoms with Crippen LogP contribution in [0.15, 0.2) is 10.7 Å². The zero-order valence-electron chi connectivity index (χ0n) is 9.98. The summed E-state index contributed by atoms with van der Waals surface area (Å²) in [5, 5.41) is 14.0. The van der Waals surface area contributed by atoms with Crippen molar-refractivity contribution in [1.29, 1.82) is 0 Å². The van der Waals surface area contributed by atoms with Gasteiger partial charge >= 0.3 is 0 Å². The van der Waals surface area contributed by atoms with Crippen molar-refractivity contribution >= 4 is 27.4 Å². The lowest BCUT2D eigenvalue weighted by Crippen LogP contribution is -2.15. The van der Waals surface area contributed by atoms with Crippen LogP contribution >= 0.6 is 15.9 Å². The molecule has 0 bridgehead atoms. The third-order valence-corrected chi connectivity index (χ3v) is 3.99. The molecular formula is C11H14BrN3O3. The van der Waals surface area contributed by atoms with Gasteiger partial charge in [-0.1, -0.05) is 0 Å². The topological polar surface area (TPSA) is 77.3 Å². The van der Waals surface area contributed by atoms with E-state index in [-0.39, 0.29) is 5.69 Å². The minimum absolute atomic E-state index is 0.0247. The fraction of sp³-hybridized carbons (Fsp3) is 0.545. The largest absolute Gasteiger partial charge is 0.381 e. The van der Waals surface area contributed by atoms with Gasteiger partial charge in [-0.15, -0.1) is 0 Å². The highest BCUT2D eigenvalue weighted by atomic mass is 79.9. The molecule has 2 rings (SSSR count). The lowest BCUT2D eigenvalue weighted by molar-refractivity contribution is -0.385. The number of halogens is 1. The minimum Gasteiger partial charge on any atom is -0.381 e. The Kier molecular flexibility index (Phi) is 4.13. The van der Waals surface area contributed by atoms with E-state index in [0.29, 0.717) is 21.8 Å². The van der Waals surface area contributed by atoms with E-state index in [9.17, 15) is 10.1 Å². The molecule has 18 heavy (non-hydrogen) atoms. The average molecular weight is 316 g/mol. The number of pyridine rings is 1. The van der Waals surface area contributed by atoms with Crippen LogP contribution in [0.4, 0.5) is 11.5 Å². The third kappa shape index (κ3) is 2.78. The predicted molar refractivity (Wildman–Crippen MR) is 70.7 cm³/mol. The van der Waals surface area contributed by atoms with E-state index in [1.54, 1.807) is 6.92 Å². The molecule has 1 fully saturated rings. The molecule has 7 heteroatoms. The zero-order chi connectivity index (χ0) is 13.1. The maximum absolute atomic E-state index is 10.8. The number of aromatic nitrogens is 1. The highest BCUT2D eigenvalue weighted by Crippen LogP contribution is 2.30. The molecule has 0 aliphatic carbocycles. The minimum atomic E-state index is -0.429. The molecule has 0 spiro atoms. The molecule has 98 valence electrons. The fourth-order valence-corrected chi connectivity index (χ4v) is 2.31. The van der Waals surface area contributed by atoms with Crippen molar-refractivity contribution in [2.45, 2.75) is 13.3 Å². The molecule has 1 aliphatic rings. The summed E-state index contributed by atoms with van der Waals surface area (Å²) < 4.78 is 5.94. The zero-order valence-corrected chi connectivity index (χ0v) is 11.6. The van der Waals surface area contributed by atoms with Gasteiger partial charge in [-0.25, -0.2) is 4.98 Å². The first-order chi connectivity index (χ1) is 8.59. The summed E-state index contributed by atoms with van der Waals surface area (Å²) in [6, 6.07) is 0. The first kappa shape index (κ1) is 13.2. The van der Waals surface area contributed by atoms with Crippen LogP contribution in [-0.2, 0) is 4.74 Å². The monoisotopic (exact) mass is 315 g/mol. The van der Waals surface area contributed by atoms with Crippen molar-refractivity contribution in [3.05, 3.63) is 26.3 Å². The Morgan fingerprint density at radius 3 is 3.11 bits per heavy atom. The summed E-state index contributed by atoms with van der Waals surface area (Å²) in [5.74, 6) is 1.12. The summed E-state index contributed by atoms with van der Waals surface area (Å²) in [4.78, 5) is 14.4. The smallest absolute Gasteiger partial charge is 0.291 e. The number of hydrogen-bond donors (Lipinski definition) is 1. The highest BCUT2D eigenvalue weighted by molar-refractivity contribution is 9.10. The van der Waals surface area contributed by atoms with Crippen molar-refractivity contribution in [3.8, 4) is 0 Å². The second-order valence-corrected chi connectivity index (χ2v) is 5.09. The summed E-state index contributed by atoms with van der Waals surface area (Å²) >= 11 is 3.35. The van der Waals surface area contributed by atoms with Crippen molar-refractivity contribution < 1.29 is 9.66 Å². The molecule has 0 amide bonds. The van der Waals surface area contributed by atoms with Crippen molar-refractivity contribution in [2.75, 3.05) is 25.1 Å². The number of nitrogens with zero attached hydrogens (tertiary/aromatic N) is 2. The van der Waals surface area contributed by atoms with Crippen LogP contribution in [0, 0.1) is 23.0 Å². The van der Waals surface area contributed by atoms with Crippen molar-refractivity contribution in [2.24, 2.45) is 5.92 Å². The van der Waals surface area contributed by atoms with Gasteiger partial charge in [0.2, 0.25) is 0 Å². The summed E-state index contributed by atoms with van der Waals surface area (Å²) in [6.45, 7) is 4.04. The van der Waals surface area contributed by atoms with E-state index in [1.165, 1.54) is 6.20 Å². The quantitative estimate of drug-likeness (QED) is 0.682. The van der Waals surface area contributed by atoms with Crippen molar-refractivity contribution in [3.63, 3.8) is 0 Å². The number of rotatable bonds is 4. The van der Waals surface area contributed by atoms with E-state index in [0.717, 1.165) is 26.2 Å². The molecular weight excluding hydrogens is 302 g/mol. The van der Waals surface area contributed by atoms with Crippen LogP contribution < -0.4 is 5.32 Å². The highest BCUT2D eigenvalue weighted by Gasteiger charge is 2.19. The van der Waals surface area contributed by atoms with E-state index >= 15 is 0 Å². The second-order valence-electron chi connectivity index (χ2n) is 4.30. The number of nitro groups is 1. The molecule has 0 aromatic carbocycles. The van der Waals surface area contributed by atoms with Crippen LogP contribution in [-0.4, -0.2) is 29.7 Å². The van der Waals surface area contributed by atoms with E-state index in [4.69, 9.17) is 4.74 Å². The summed E-state index contributed by atoms with van der Waals surface area (Å²) in [6.07, 6.45) is 2.32. The molecule has 1 saturated heterocycles. The van der Waals surface area contributed by atoms with Crippen LogP contribution in [0.25, 0.3) is 0 Å². The van der Waals surface area contributed by atoms with Gasteiger partial charge in [0.15, 0.2) is 0 Å². The Morgan fingerprint density at radius 1 is 1.72 bits per heavy atom. The van der Waals surface area contributed by atoms with Crippen LogP contribution in [0.5, 0.6) is 0 Å². The molecule has 0 radical (unpaired) electrons. The first-order valence-corrected chi connectivity index (χ1v) is 6.50. The first-order valence-electron chi connectivity index (χ1n) is 5.70. The van der Waals surface area contributed by atoms with Gasteiger partial charge in [0.1, 0.15) is 12.0 Å². The maximum Gasteiger partial charge on any atom is 0.291 e. The maximum atomic E-state index is 10.8. The van der Waals surface area contributed by atoms with Gasteiger partial charge in [0, 0.05) is 24.6 Å². The molecule has 2 heterocycles. The molecule has 0 saturated carbocycles. The molecule has 1 N–H and O–H groups in total. The van der Waals surface area contributed by atoms with Gasteiger partial charge < -0.3 is 10.1 Å². The Hall–Kier alpha value is -1.21. The van der Waals surface area contributed by atoms with Gasteiger partial charge in [0.05, 0.1) is 16.0 Å². The predicted octanol–water partition coefficient (Wildman–Crippen LogP) is 2.51. The van der Waals surface area contributed by atoms with Gasteiger partial charge in [-0.2, -0.15) is 0 Å². The number of nitrogens with one attached hydrogen (secondary N) is 1. The molecule has 1 aromatic rings. The third-order valence-electron chi connectivity index (χ3n) is 3.02. The van der Waals surface area contributed by atoms with Gasteiger partial charge in [-0.3, -0.25) is 10.1 Å². The Morgan fingerprint density at radius 2 is 2.50 bits per heavy atom. The molecule has 1 aliphatic heterocycles. The van der Waals surface area contributed by atoms with E-state index < -0.39 is 4.92 Å². The van der Waals surface area contributed by atoms with E-state index in [1.807, 2.05) is 0 Å². The average Bonchev–Trinajstić information content (AvgIpc) is 2.83. The molecule has 1 unspecified atom stereocenters.